The standard InChI is InChI=1S/C44H64Br2N2O18/c1-53-7-9-57-15-17-61-23-25-65-29-27-63-21-19-59-13-11-55-5-3-47-41(49)33-31-36(46)40-38-34(32-35(45)39(37(33)38)43(47)51)42(50)48(44(40)52)4-6-56-12-14-60-20-22-64-28-30-66-26-24-62-18-16-58-10-8-54-2/h31-32H,3-30H2,1-2H3. The van der Waals surface area contributed by atoms with Gasteiger partial charge in [-0.1, -0.05) is 0 Å². The topological polar surface area (TPSA) is 204 Å². The average molecular weight is 1070 g/mol. The highest BCUT2D eigenvalue weighted by atomic mass is 79.9. The Kier molecular flexibility index (Phi) is 28.7. The van der Waals surface area contributed by atoms with E-state index in [1.165, 1.54) is 12.1 Å². The first-order valence-corrected chi connectivity index (χ1v) is 23.5. The Morgan fingerprint density at radius 1 is 0.333 bits per heavy atom. The Labute approximate surface area is 402 Å². The van der Waals surface area contributed by atoms with Crippen molar-refractivity contribution in [3.8, 4) is 0 Å². The van der Waals surface area contributed by atoms with Gasteiger partial charge in [0.15, 0.2) is 0 Å². The first-order chi connectivity index (χ1) is 32.3. The molecule has 0 aliphatic carbocycles. The first-order valence-electron chi connectivity index (χ1n) is 21.9. The predicted molar refractivity (Wildman–Crippen MR) is 244 cm³/mol. The lowest BCUT2D eigenvalue weighted by atomic mass is 9.86. The molecule has 2 heterocycles. The minimum atomic E-state index is -0.566. The zero-order valence-corrected chi connectivity index (χ0v) is 41.1. The third kappa shape index (κ3) is 18.7. The summed E-state index contributed by atoms with van der Waals surface area (Å²) in [4.78, 5) is 57.4. The number of rotatable bonds is 42. The summed E-state index contributed by atoms with van der Waals surface area (Å²) in [6.07, 6.45) is 0. The van der Waals surface area contributed by atoms with Crippen LogP contribution in [-0.4, -0.2) is 233 Å². The molecular weight excluding hydrogens is 1000 g/mol. The molecule has 0 atom stereocenters. The molecule has 2 aliphatic heterocycles. The van der Waals surface area contributed by atoms with Crippen LogP contribution in [0.1, 0.15) is 41.4 Å². The van der Waals surface area contributed by atoms with Gasteiger partial charge in [0.05, 0.1) is 196 Å². The van der Waals surface area contributed by atoms with Crippen LogP contribution in [0.4, 0.5) is 0 Å². The smallest absolute Gasteiger partial charge is 0.262 e. The van der Waals surface area contributed by atoms with Gasteiger partial charge >= 0.3 is 0 Å². The zero-order valence-electron chi connectivity index (χ0n) is 38.0. The van der Waals surface area contributed by atoms with Crippen LogP contribution in [0.3, 0.4) is 0 Å². The molecular formula is C44H64Br2N2O18. The van der Waals surface area contributed by atoms with Gasteiger partial charge < -0.3 is 66.3 Å². The van der Waals surface area contributed by atoms with Crippen molar-refractivity contribution in [3.05, 3.63) is 43.3 Å². The van der Waals surface area contributed by atoms with Gasteiger partial charge in [0.2, 0.25) is 0 Å². The summed E-state index contributed by atoms with van der Waals surface area (Å²) in [5.74, 6) is -2.26. The number of halogens is 2. The van der Waals surface area contributed by atoms with Crippen LogP contribution < -0.4 is 0 Å². The monoisotopic (exact) mass is 1070 g/mol. The number of hydrogen-bond acceptors (Lipinski definition) is 18. The average Bonchev–Trinajstić information content (AvgIpc) is 3.30. The highest BCUT2D eigenvalue weighted by molar-refractivity contribution is 9.10. The molecule has 0 radical (unpaired) electrons. The van der Waals surface area contributed by atoms with E-state index in [0.29, 0.717) is 154 Å². The first kappa shape index (κ1) is 56.0. The summed E-state index contributed by atoms with van der Waals surface area (Å²) in [6.45, 7) is 10.5. The fourth-order valence-corrected chi connectivity index (χ4v) is 7.67. The summed E-state index contributed by atoms with van der Waals surface area (Å²) in [5, 5.41) is 0.507. The largest absolute Gasteiger partial charge is 0.382 e. The number of ether oxygens (including phenoxy) is 14. The van der Waals surface area contributed by atoms with Crippen LogP contribution in [0, 0.1) is 0 Å². The number of amides is 4. The predicted octanol–water partition coefficient (Wildman–Crippen LogP) is 3.05. The number of hydrogen-bond donors (Lipinski definition) is 0. The molecule has 4 rings (SSSR count). The van der Waals surface area contributed by atoms with E-state index >= 15 is 0 Å². The SMILES string of the molecule is COCCOCCOCCOCCOCCOCCOCCN1C(=O)c2cc(Br)c3c4c(cc(Br)c(c24)C1=O)C(=O)N(CCOCCOCCOCCOCCOCCOCCOC)C3=O. The summed E-state index contributed by atoms with van der Waals surface area (Å²) < 4.78 is 76.3. The molecule has 372 valence electrons. The quantitative estimate of drug-likeness (QED) is 0.0693. The van der Waals surface area contributed by atoms with Gasteiger partial charge in [0.25, 0.3) is 23.6 Å². The molecule has 22 heteroatoms. The fourth-order valence-electron chi connectivity index (χ4n) is 6.48. The lowest BCUT2D eigenvalue weighted by Crippen LogP contribution is -2.45. The van der Waals surface area contributed by atoms with Gasteiger partial charge in [-0.2, -0.15) is 0 Å². The lowest BCUT2D eigenvalue weighted by molar-refractivity contribution is -0.0195. The van der Waals surface area contributed by atoms with Crippen LogP contribution in [0.25, 0.3) is 10.8 Å². The zero-order chi connectivity index (χ0) is 47.2. The third-order valence-corrected chi connectivity index (χ3v) is 10.9. The Bertz CT molecular complexity index is 1650. The number of benzene rings is 2. The molecule has 0 saturated carbocycles. The van der Waals surface area contributed by atoms with E-state index in [2.05, 4.69) is 31.9 Å². The second-order valence-electron chi connectivity index (χ2n) is 14.2. The van der Waals surface area contributed by atoms with E-state index in [4.69, 9.17) is 66.3 Å². The molecule has 0 N–H and O–H groups in total. The van der Waals surface area contributed by atoms with E-state index in [9.17, 15) is 19.2 Å². The van der Waals surface area contributed by atoms with Gasteiger partial charge in [-0.25, -0.2) is 0 Å². The van der Waals surface area contributed by atoms with E-state index in [-0.39, 0.29) is 72.5 Å². The second-order valence-corrected chi connectivity index (χ2v) is 15.9. The highest BCUT2D eigenvalue weighted by Crippen LogP contribution is 2.43. The van der Waals surface area contributed by atoms with Crippen molar-refractivity contribution in [2.75, 3.05) is 199 Å². The molecule has 0 spiro atoms. The normalized spacial score (nSPS) is 13.6. The molecule has 0 saturated heterocycles. The molecule has 0 fully saturated rings. The van der Waals surface area contributed by atoms with E-state index in [1.54, 1.807) is 14.2 Å². The van der Waals surface area contributed by atoms with Crippen LogP contribution in [0.15, 0.2) is 21.1 Å². The summed E-state index contributed by atoms with van der Waals surface area (Å²) in [7, 11) is 3.25. The molecule has 2 aromatic carbocycles. The van der Waals surface area contributed by atoms with Crippen molar-refractivity contribution >= 4 is 66.3 Å². The fraction of sp³-hybridized carbons (Fsp3) is 0.682. The number of imide groups is 2. The van der Waals surface area contributed by atoms with Crippen LogP contribution in [0.2, 0.25) is 0 Å². The van der Waals surface area contributed by atoms with Gasteiger partial charge in [-0.3, -0.25) is 29.0 Å². The molecule has 0 bridgehead atoms. The molecule has 2 aromatic rings. The molecule has 66 heavy (non-hydrogen) atoms. The molecule has 4 amide bonds. The maximum Gasteiger partial charge on any atom is 0.262 e. The highest BCUT2D eigenvalue weighted by Gasteiger charge is 2.42. The lowest BCUT2D eigenvalue weighted by Gasteiger charge is -2.33. The van der Waals surface area contributed by atoms with Crippen molar-refractivity contribution in [1.29, 1.82) is 0 Å². The molecule has 20 nitrogen and oxygen atoms in total. The maximum atomic E-state index is 13.8. The molecule has 0 unspecified atom stereocenters. The van der Waals surface area contributed by atoms with Gasteiger partial charge in [0, 0.05) is 45.1 Å². The number of carbonyl (C=O) groups is 4. The van der Waals surface area contributed by atoms with Crippen molar-refractivity contribution in [2.24, 2.45) is 0 Å². The number of carbonyl (C=O) groups excluding carboxylic acids is 4. The Morgan fingerprint density at radius 3 is 0.773 bits per heavy atom. The Hall–Kier alpha value is -2.62. The third-order valence-electron chi connectivity index (χ3n) is 9.68. The number of methoxy groups -OCH3 is 2. The van der Waals surface area contributed by atoms with Crippen molar-refractivity contribution in [2.45, 2.75) is 0 Å². The van der Waals surface area contributed by atoms with E-state index < -0.39 is 23.6 Å². The summed E-state index contributed by atoms with van der Waals surface area (Å²) >= 11 is 6.96. The second kappa shape index (κ2) is 33.8. The summed E-state index contributed by atoms with van der Waals surface area (Å²) in [6, 6.07) is 3.05. The van der Waals surface area contributed by atoms with Crippen molar-refractivity contribution < 1.29 is 85.5 Å². The van der Waals surface area contributed by atoms with Crippen LogP contribution in [0.5, 0.6) is 0 Å². The Balaban J connectivity index is 1.08. The van der Waals surface area contributed by atoms with Crippen LogP contribution >= 0.6 is 31.9 Å². The van der Waals surface area contributed by atoms with Crippen molar-refractivity contribution in [3.63, 3.8) is 0 Å². The number of nitrogens with zero attached hydrogens (tertiary/aromatic N) is 2. The Morgan fingerprint density at radius 2 is 0.545 bits per heavy atom. The minimum absolute atomic E-state index is 0.0205. The van der Waals surface area contributed by atoms with Gasteiger partial charge in [-0.15, -0.1) is 0 Å². The van der Waals surface area contributed by atoms with Gasteiger partial charge in [-0.05, 0) is 44.0 Å². The van der Waals surface area contributed by atoms with Crippen molar-refractivity contribution in [1.82, 2.24) is 9.80 Å². The van der Waals surface area contributed by atoms with Crippen LogP contribution in [-0.2, 0) is 66.3 Å². The summed E-state index contributed by atoms with van der Waals surface area (Å²) in [5.41, 5.74) is 0.750. The van der Waals surface area contributed by atoms with E-state index in [0.717, 1.165) is 9.80 Å². The maximum absolute atomic E-state index is 13.8. The van der Waals surface area contributed by atoms with Gasteiger partial charge in [0.1, 0.15) is 0 Å². The minimum Gasteiger partial charge on any atom is -0.382 e. The molecule has 2 aliphatic rings. The molecule has 0 aromatic heterocycles. The van der Waals surface area contributed by atoms with E-state index in [1.807, 2.05) is 0 Å².